The van der Waals surface area contributed by atoms with Gasteiger partial charge in [0, 0.05) is 38.2 Å². The lowest BCUT2D eigenvalue weighted by molar-refractivity contribution is -0.144. The van der Waals surface area contributed by atoms with Crippen molar-refractivity contribution in [2.75, 3.05) is 26.2 Å². The molecule has 2 aliphatic rings. The molecule has 7 heteroatoms. The summed E-state index contributed by atoms with van der Waals surface area (Å²) in [6.07, 6.45) is 11.5. The van der Waals surface area contributed by atoms with Gasteiger partial charge in [-0.3, -0.25) is 14.2 Å². The van der Waals surface area contributed by atoms with E-state index in [1.165, 1.54) is 5.56 Å². The number of amides is 1. The van der Waals surface area contributed by atoms with Gasteiger partial charge in [0.05, 0.1) is 6.20 Å². The number of nitrogens with one attached hydrogen (secondary N) is 1. The highest BCUT2D eigenvalue weighted by atomic mass is 16.2. The summed E-state index contributed by atoms with van der Waals surface area (Å²) in [6.45, 7) is 6.36. The van der Waals surface area contributed by atoms with Crippen LogP contribution in [0.1, 0.15) is 44.1 Å². The molecule has 0 radical (unpaired) electrons. The van der Waals surface area contributed by atoms with Crippen molar-refractivity contribution >= 4 is 5.91 Å². The van der Waals surface area contributed by atoms with E-state index in [1.54, 1.807) is 6.20 Å². The summed E-state index contributed by atoms with van der Waals surface area (Å²) in [5.41, 5.74) is 0.789. The highest BCUT2D eigenvalue weighted by molar-refractivity contribution is 5.84. The van der Waals surface area contributed by atoms with Crippen molar-refractivity contribution in [3.63, 3.8) is 0 Å². The van der Waals surface area contributed by atoms with Gasteiger partial charge in [0.25, 0.3) is 5.91 Å². The van der Waals surface area contributed by atoms with E-state index in [-0.39, 0.29) is 5.91 Å². The second-order valence-corrected chi connectivity index (χ2v) is 7.43. The maximum absolute atomic E-state index is 13.5. The van der Waals surface area contributed by atoms with Crippen molar-refractivity contribution in [2.45, 2.75) is 50.6 Å². The fourth-order valence-electron chi connectivity index (χ4n) is 4.38. The fraction of sp³-hybridized carbons (Fsp3) is 0.632. The van der Waals surface area contributed by atoms with Gasteiger partial charge in [0.2, 0.25) is 0 Å². The number of piperidine rings is 2. The molecule has 0 unspecified atom stereocenters. The van der Waals surface area contributed by atoms with Gasteiger partial charge in [0.1, 0.15) is 5.54 Å². The van der Waals surface area contributed by atoms with Crippen LogP contribution in [0.15, 0.2) is 30.9 Å². The first-order chi connectivity index (χ1) is 12.7. The maximum Gasteiger partial charge on any atom is 0.250 e. The zero-order valence-corrected chi connectivity index (χ0v) is 15.5. The highest BCUT2D eigenvalue weighted by Gasteiger charge is 2.45. The van der Waals surface area contributed by atoms with Crippen LogP contribution in [-0.2, 0) is 16.9 Å². The molecule has 2 aliphatic heterocycles. The highest BCUT2D eigenvalue weighted by Crippen LogP contribution is 2.33. The molecule has 26 heavy (non-hydrogen) atoms. The predicted octanol–water partition coefficient (Wildman–Crippen LogP) is 1.58. The minimum atomic E-state index is -0.519. The summed E-state index contributed by atoms with van der Waals surface area (Å²) in [6, 6.07) is 1.91. The molecule has 0 saturated carbocycles. The molecule has 0 spiro atoms. The van der Waals surface area contributed by atoms with Gasteiger partial charge in [-0.2, -0.15) is 10.2 Å². The summed E-state index contributed by atoms with van der Waals surface area (Å²) in [5.74, 6) is 0.749. The van der Waals surface area contributed by atoms with Crippen molar-refractivity contribution in [3.8, 4) is 0 Å². The molecule has 0 aliphatic carbocycles. The van der Waals surface area contributed by atoms with Crippen LogP contribution in [-0.4, -0.2) is 56.5 Å². The van der Waals surface area contributed by atoms with Gasteiger partial charge in [0.15, 0.2) is 0 Å². The van der Waals surface area contributed by atoms with Crippen LogP contribution in [0.5, 0.6) is 0 Å². The standard InChI is InChI=1S/C19H28N6O/c1-2-24-15-17(14-22-24)16-4-12-23(13-5-16)18(26)19(6-9-20-10-7-19)25-11-3-8-21-25/h3,8,11,14-16,20H,2,4-7,9-10,12-13H2,1H3. The summed E-state index contributed by atoms with van der Waals surface area (Å²) >= 11 is 0. The number of aromatic nitrogens is 4. The molecule has 4 rings (SSSR count). The Balaban J connectivity index is 1.46. The van der Waals surface area contributed by atoms with Crippen molar-refractivity contribution in [3.05, 3.63) is 36.4 Å². The molecule has 2 aromatic rings. The first-order valence-corrected chi connectivity index (χ1v) is 9.75. The Morgan fingerprint density at radius 3 is 2.65 bits per heavy atom. The third-order valence-electron chi connectivity index (χ3n) is 6.00. The molecule has 0 atom stereocenters. The van der Waals surface area contributed by atoms with E-state index >= 15 is 0 Å². The fourth-order valence-corrected chi connectivity index (χ4v) is 4.38. The molecule has 140 valence electrons. The van der Waals surface area contributed by atoms with Crippen molar-refractivity contribution in [2.24, 2.45) is 0 Å². The van der Waals surface area contributed by atoms with Gasteiger partial charge >= 0.3 is 0 Å². The smallest absolute Gasteiger partial charge is 0.250 e. The van der Waals surface area contributed by atoms with E-state index in [0.29, 0.717) is 5.92 Å². The van der Waals surface area contributed by atoms with Gasteiger partial charge in [-0.05, 0) is 63.2 Å². The average molecular weight is 356 g/mol. The minimum absolute atomic E-state index is 0.241. The molecule has 4 heterocycles. The molecular formula is C19H28N6O. The van der Waals surface area contributed by atoms with E-state index in [1.807, 2.05) is 27.8 Å². The molecule has 0 aromatic carbocycles. The van der Waals surface area contributed by atoms with E-state index in [2.05, 4.69) is 33.5 Å². The number of carbonyl (C=O) groups is 1. The van der Waals surface area contributed by atoms with Crippen LogP contribution in [0, 0.1) is 0 Å². The van der Waals surface area contributed by atoms with Crippen LogP contribution in [0.3, 0.4) is 0 Å². The second kappa shape index (κ2) is 7.23. The lowest BCUT2D eigenvalue weighted by atomic mass is 9.85. The SMILES string of the molecule is CCn1cc(C2CCN(C(=O)C3(n4cccn4)CCNCC3)CC2)cn1. The Morgan fingerprint density at radius 1 is 1.27 bits per heavy atom. The first kappa shape index (κ1) is 17.3. The summed E-state index contributed by atoms with van der Waals surface area (Å²) in [4.78, 5) is 15.6. The Kier molecular flexibility index (Phi) is 4.80. The Hall–Kier alpha value is -2.15. The van der Waals surface area contributed by atoms with Crippen LogP contribution >= 0.6 is 0 Å². The van der Waals surface area contributed by atoms with Crippen molar-refractivity contribution < 1.29 is 4.79 Å². The van der Waals surface area contributed by atoms with Crippen molar-refractivity contribution in [1.29, 1.82) is 0 Å². The van der Waals surface area contributed by atoms with Crippen LogP contribution < -0.4 is 5.32 Å². The number of aryl methyl sites for hydroxylation is 1. The third kappa shape index (κ3) is 3.05. The summed E-state index contributed by atoms with van der Waals surface area (Å²) < 4.78 is 3.88. The second-order valence-electron chi connectivity index (χ2n) is 7.43. The lowest BCUT2D eigenvalue weighted by Crippen LogP contribution is -2.56. The Morgan fingerprint density at radius 2 is 2.04 bits per heavy atom. The molecule has 2 aromatic heterocycles. The Labute approximate surface area is 154 Å². The molecule has 1 N–H and O–H groups in total. The zero-order valence-electron chi connectivity index (χ0n) is 15.5. The van der Waals surface area contributed by atoms with Gasteiger partial charge in [-0.1, -0.05) is 0 Å². The number of carbonyl (C=O) groups excluding carboxylic acids is 1. The molecule has 0 bridgehead atoms. The molecule has 2 fully saturated rings. The molecule has 7 nitrogen and oxygen atoms in total. The number of hydrogen-bond donors (Lipinski definition) is 1. The topological polar surface area (TPSA) is 68.0 Å². The molecule has 1 amide bonds. The van der Waals surface area contributed by atoms with Crippen LogP contribution in [0.2, 0.25) is 0 Å². The van der Waals surface area contributed by atoms with E-state index in [4.69, 9.17) is 0 Å². The zero-order chi connectivity index (χ0) is 18.0. The normalized spacial score (nSPS) is 21.0. The number of nitrogens with zero attached hydrogens (tertiary/aromatic N) is 5. The van der Waals surface area contributed by atoms with Crippen LogP contribution in [0.4, 0.5) is 0 Å². The summed E-state index contributed by atoms with van der Waals surface area (Å²) in [5, 5.41) is 12.2. The third-order valence-corrected chi connectivity index (χ3v) is 6.00. The van der Waals surface area contributed by atoms with E-state index < -0.39 is 5.54 Å². The molecular weight excluding hydrogens is 328 g/mol. The number of likely N-dealkylation sites (tertiary alicyclic amines) is 1. The average Bonchev–Trinajstić information content (AvgIpc) is 3.40. The monoisotopic (exact) mass is 356 g/mol. The van der Waals surface area contributed by atoms with Gasteiger partial charge in [-0.15, -0.1) is 0 Å². The predicted molar refractivity (Wildman–Crippen MR) is 98.8 cm³/mol. The Bertz CT molecular complexity index is 723. The van der Waals surface area contributed by atoms with E-state index in [0.717, 1.165) is 58.4 Å². The van der Waals surface area contributed by atoms with Crippen molar-refractivity contribution in [1.82, 2.24) is 29.8 Å². The summed E-state index contributed by atoms with van der Waals surface area (Å²) in [7, 11) is 0. The lowest BCUT2D eigenvalue weighted by Gasteiger charge is -2.42. The van der Waals surface area contributed by atoms with Gasteiger partial charge in [-0.25, -0.2) is 0 Å². The van der Waals surface area contributed by atoms with Crippen LogP contribution in [0.25, 0.3) is 0 Å². The largest absolute Gasteiger partial charge is 0.341 e. The number of rotatable bonds is 4. The van der Waals surface area contributed by atoms with Gasteiger partial charge < -0.3 is 10.2 Å². The number of hydrogen-bond acceptors (Lipinski definition) is 4. The van der Waals surface area contributed by atoms with E-state index in [9.17, 15) is 4.79 Å². The molecule has 2 saturated heterocycles. The minimum Gasteiger partial charge on any atom is -0.341 e. The maximum atomic E-state index is 13.5. The quantitative estimate of drug-likeness (QED) is 0.903. The first-order valence-electron chi connectivity index (χ1n) is 9.75.